The van der Waals surface area contributed by atoms with E-state index < -0.39 is 12.0 Å². The third kappa shape index (κ3) is 10.0. The van der Waals surface area contributed by atoms with Crippen molar-refractivity contribution in [2.45, 2.75) is 25.9 Å². The van der Waals surface area contributed by atoms with Crippen molar-refractivity contribution >= 4 is 55.5 Å². The molecule has 0 aliphatic heterocycles. The summed E-state index contributed by atoms with van der Waals surface area (Å²) >= 11 is 6.37. The maximum atomic E-state index is 11.8. The number of halogens is 2. The van der Waals surface area contributed by atoms with E-state index in [9.17, 15) is 19.8 Å². The molecule has 7 nitrogen and oxygen atoms in total. The summed E-state index contributed by atoms with van der Waals surface area (Å²) in [7, 11) is 0. The van der Waals surface area contributed by atoms with E-state index in [4.69, 9.17) is 4.74 Å². The van der Waals surface area contributed by atoms with Crippen LogP contribution in [0.2, 0.25) is 0 Å². The second kappa shape index (κ2) is 13.7. The Balaban J connectivity index is 2.58. The van der Waals surface area contributed by atoms with Crippen molar-refractivity contribution in [3.05, 3.63) is 50.3 Å². The van der Waals surface area contributed by atoms with Crippen molar-refractivity contribution < 1.29 is 24.5 Å². The van der Waals surface area contributed by atoms with Gasteiger partial charge in [-0.25, -0.2) is 4.99 Å². The lowest BCUT2D eigenvalue weighted by molar-refractivity contribution is -0.142. The Labute approximate surface area is 184 Å². The van der Waals surface area contributed by atoms with Crippen molar-refractivity contribution in [1.82, 2.24) is 0 Å². The van der Waals surface area contributed by atoms with Crippen molar-refractivity contribution in [2.24, 2.45) is 9.98 Å². The van der Waals surface area contributed by atoms with E-state index in [1.807, 2.05) is 0 Å². The Morgan fingerprint density at radius 3 is 2.45 bits per heavy atom. The number of hydrogen-bond acceptors (Lipinski definition) is 6. The monoisotopic (exact) mass is 524 g/mol. The summed E-state index contributed by atoms with van der Waals surface area (Å²) in [6, 6.07) is 3.20. The summed E-state index contributed by atoms with van der Waals surface area (Å²) in [5.41, 5.74) is 5.72. The Bertz CT molecular complexity index is 925. The molecule has 0 unspecified atom stereocenters. The van der Waals surface area contributed by atoms with Gasteiger partial charge in [-0.15, -0.1) is 0 Å². The second-order valence-electron chi connectivity index (χ2n) is 5.36. The second-order valence-corrected chi connectivity index (χ2v) is 7.07. The van der Waals surface area contributed by atoms with Crippen molar-refractivity contribution in [1.29, 1.82) is 0 Å². The molecular weight excluding hydrogens is 508 g/mol. The number of allylic oxidation sites excluding steroid dienone is 2. The van der Waals surface area contributed by atoms with E-state index in [1.165, 1.54) is 12.2 Å². The molecule has 9 heteroatoms. The van der Waals surface area contributed by atoms with Crippen LogP contribution in [0.4, 0.5) is 0 Å². The molecule has 1 aromatic rings. The molecule has 152 valence electrons. The maximum Gasteiger partial charge on any atom is 0.307 e. The first-order valence-corrected chi connectivity index (χ1v) is 10.0. The molecule has 0 bridgehead atoms. The van der Waals surface area contributed by atoms with Crippen LogP contribution in [0, 0.1) is 0 Å². The number of phenols is 1. The SMILES string of the molecule is CCOC(=O)CCN=C=C=CC=C=C=NC(=O)[C@H](O)Cc1cc(Br)c(O)c(Br)c1. The first-order valence-electron chi connectivity index (χ1n) is 8.42. The van der Waals surface area contributed by atoms with E-state index in [1.54, 1.807) is 19.1 Å². The molecule has 1 atom stereocenters. The fourth-order valence-corrected chi connectivity index (χ4v) is 3.13. The van der Waals surface area contributed by atoms with Crippen LogP contribution in [0.15, 0.2) is 54.7 Å². The number of ether oxygens (including phenoxy) is 1. The Morgan fingerprint density at radius 1 is 1.21 bits per heavy atom. The molecule has 0 saturated carbocycles. The van der Waals surface area contributed by atoms with Crippen LogP contribution >= 0.6 is 31.9 Å². The highest BCUT2D eigenvalue weighted by atomic mass is 79.9. The summed E-state index contributed by atoms with van der Waals surface area (Å²) in [6.45, 7) is 2.32. The molecule has 0 saturated heterocycles. The van der Waals surface area contributed by atoms with Gasteiger partial charge in [-0.2, -0.15) is 4.99 Å². The first-order chi connectivity index (χ1) is 13.8. The van der Waals surface area contributed by atoms with E-state index in [2.05, 4.69) is 65.0 Å². The third-order valence-corrected chi connectivity index (χ3v) is 4.36. The third-order valence-electron chi connectivity index (χ3n) is 3.15. The van der Waals surface area contributed by atoms with Gasteiger partial charge in [0.25, 0.3) is 5.91 Å². The summed E-state index contributed by atoms with van der Waals surface area (Å²) in [5, 5.41) is 19.6. The standard InChI is InChI=1S/C20H18Br2N2O5/c1-2-29-18(26)7-10-23-8-5-3-4-6-9-24-20(28)17(25)13-14-11-15(21)19(27)16(22)12-14/h3-4,11-12,17,25,27H,2,7,10,13H2,1H3/t17-/m1/s1. The lowest BCUT2D eigenvalue weighted by atomic mass is 10.1. The minimum Gasteiger partial charge on any atom is -0.506 e. The number of hydrogen-bond donors (Lipinski definition) is 2. The number of carbonyl (C=O) groups excluding carboxylic acids is 2. The highest BCUT2D eigenvalue weighted by Gasteiger charge is 2.16. The molecule has 0 heterocycles. The topological polar surface area (TPSA) is 109 Å². The molecule has 0 aliphatic carbocycles. The lowest BCUT2D eigenvalue weighted by Gasteiger charge is -2.08. The molecule has 0 fully saturated rings. The number of aliphatic hydroxyl groups is 1. The number of aliphatic imine (C=N–C) groups is 2. The number of rotatable bonds is 8. The predicted molar refractivity (Wildman–Crippen MR) is 115 cm³/mol. The van der Waals surface area contributed by atoms with Crippen molar-refractivity contribution in [2.75, 3.05) is 13.2 Å². The zero-order valence-electron chi connectivity index (χ0n) is 15.5. The van der Waals surface area contributed by atoms with Crippen LogP contribution in [0.1, 0.15) is 18.9 Å². The van der Waals surface area contributed by atoms with Gasteiger partial charge in [-0.3, -0.25) is 9.59 Å². The van der Waals surface area contributed by atoms with Crippen LogP contribution in [0.5, 0.6) is 5.75 Å². The summed E-state index contributed by atoms with van der Waals surface area (Å²) in [4.78, 5) is 30.2. The van der Waals surface area contributed by atoms with Crippen molar-refractivity contribution in [3.63, 3.8) is 0 Å². The zero-order valence-corrected chi connectivity index (χ0v) is 18.7. The van der Waals surface area contributed by atoms with Gasteiger partial charge in [0.2, 0.25) is 0 Å². The number of carbonyl (C=O) groups is 2. The van der Waals surface area contributed by atoms with Crippen LogP contribution in [-0.4, -0.2) is 53.1 Å². The van der Waals surface area contributed by atoms with E-state index in [0.29, 0.717) is 21.1 Å². The Hall–Kier alpha value is -2.46. The average molecular weight is 526 g/mol. The molecule has 1 amide bonds. The number of esters is 1. The number of aromatic hydroxyl groups is 1. The summed E-state index contributed by atoms with van der Waals surface area (Å²) in [5.74, 6) is 3.71. The summed E-state index contributed by atoms with van der Waals surface area (Å²) in [6.07, 6.45) is 1.65. The van der Waals surface area contributed by atoms with Crippen LogP contribution < -0.4 is 0 Å². The Morgan fingerprint density at radius 2 is 1.83 bits per heavy atom. The van der Waals surface area contributed by atoms with Crippen LogP contribution in [0.25, 0.3) is 0 Å². The molecule has 2 N–H and O–H groups in total. The lowest BCUT2D eigenvalue weighted by Crippen LogP contribution is -2.20. The molecule has 1 aromatic carbocycles. The van der Waals surface area contributed by atoms with Gasteiger partial charge in [-0.05, 0) is 80.1 Å². The highest BCUT2D eigenvalue weighted by Crippen LogP contribution is 2.33. The summed E-state index contributed by atoms with van der Waals surface area (Å²) < 4.78 is 5.63. The highest BCUT2D eigenvalue weighted by molar-refractivity contribution is 9.11. The maximum absolute atomic E-state index is 11.8. The number of benzene rings is 1. The number of amides is 1. The smallest absolute Gasteiger partial charge is 0.307 e. The van der Waals surface area contributed by atoms with Gasteiger partial charge in [0, 0.05) is 18.2 Å². The van der Waals surface area contributed by atoms with Gasteiger partial charge in [0.05, 0.1) is 28.5 Å². The van der Waals surface area contributed by atoms with Gasteiger partial charge in [0.1, 0.15) is 11.9 Å². The van der Waals surface area contributed by atoms with E-state index in [-0.39, 0.29) is 31.1 Å². The average Bonchev–Trinajstić information content (AvgIpc) is 2.67. The number of phenolic OH excluding ortho intramolecular Hbond substituents is 1. The number of nitrogens with zero attached hydrogens (tertiary/aromatic N) is 2. The first kappa shape index (κ1) is 24.6. The fourth-order valence-electron chi connectivity index (χ4n) is 1.85. The quantitative estimate of drug-likeness (QED) is 0.235. The molecule has 0 aromatic heterocycles. The zero-order chi connectivity index (χ0) is 21.6. The largest absolute Gasteiger partial charge is 0.506 e. The normalized spacial score (nSPS) is 10.3. The minimum atomic E-state index is -1.35. The molecular formula is C20H18Br2N2O5. The molecule has 0 radical (unpaired) electrons. The molecule has 1 rings (SSSR count). The van der Waals surface area contributed by atoms with Crippen molar-refractivity contribution in [3.8, 4) is 5.75 Å². The molecule has 0 spiro atoms. The van der Waals surface area contributed by atoms with Gasteiger partial charge >= 0.3 is 5.97 Å². The minimum absolute atomic E-state index is 0.0239. The fraction of sp³-hybridized carbons (Fsp3) is 0.300. The predicted octanol–water partition coefficient (Wildman–Crippen LogP) is 3.06. The van der Waals surface area contributed by atoms with Gasteiger partial charge in [0.15, 0.2) is 0 Å². The molecule has 0 aliphatic rings. The van der Waals surface area contributed by atoms with E-state index >= 15 is 0 Å². The van der Waals surface area contributed by atoms with Crippen LogP contribution in [-0.2, 0) is 20.7 Å². The van der Waals surface area contributed by atoms with Crippen LogP contribution in [0.3, 0.4) is 0 Å². The van der Waals surface area contributed by atoms with Gasteiger partial charge in [-0.1, -0.05) is 0 Å². The number of aliphatic hydroxyl groups excluding tert-OH is 1. The van der Waals surface area contributed by atoms with E-state index in [0.717, 1.165) is 0 Å². The van der Waals surface area contributed by atoms with Gasteiger partial charge < -0.3 is 14.9 Å². The molecule has 29 heavy (non-hydrogen) atoms. The Kier molecular flexibility index (Phi) is 11.6.